The van der Waals surface area contributed by atoms with E-state index in [1.54, 1.807) is 6.07 Å². The Balaban J connectivity index is 2.21. The van der Waals surface area contributed by atoms with Crippen LogP contribution in [0.1, 0.15) is 30.9 Å². The zero-order valence-corrected chi connectivity index (χ0v) is 10.6. The number of nitrogens with two attached hydrogens (primary N) is 1. The summed E-state index contributed by atoms with van der Waals surface area (Å²) in [6, 6.07) is 4.68. The van der Waals surface area contributed by atoms with E-state index in [4.69, 9.17) is 17.3 Å². The Morgan fingerprint density at radius 1 is 1.29 bits per heavy atom. The molecule has 1 heterocycles. The molecular formula is C13H18ClFN2. The molecule has 0 saturated carbocycles. The second-order valence-electron chi connectivity index (χ2n) is 4.51. The molecule has 94 valence electrons. The minimum Gasteiger partial charge on any atom is -0.329 e. The fraction of sp³-hybridized carbons (Fsp3) is 0.538. The molecule has 0 bridgehead atoms. The van der Waals surface area contributed by atoms with Gasteiger partial charge in [-0.3, -0.25) is 4.90 Å². The first kappa shape index (κ1) is 12.8. The molecule has 1 saturated heterocycles. The van der Waals surface area contributed by atoms with E-state index in [0.29, 0.717) is 11.6 Å². The number of nitrogens with zero attached hydrogens (tertiary/aromatic N) is 1. The topological polar surface area (TPSA) is 29.3 Å². The van der Waals surface area contributed by atoms with Crippen LogP contribution in [-0.2, 0) is 0 Å². The van der Waals surface area contributed by atoms with Gasteiger partial charge in [-0.25, -0.2) is 4.39 Å². The molecule has 17 heavy (non-hydrogen) atoms. The van der Waals surface area contributed by atoms with Gasteiger partial charge in [-0.1, -0.05) is 24.1 Å². The van der Waals surface area contributed by atoms with Crippen LogP contribution in [0.3, 0.4) is 0 Å². The second kappa shape index (κ2) is 5.80. The highest BCUT2D eigenvalue weighted by molar-refractivity contribution is 6.31. The van der Waals surface area contributed by atoms with Crippen LogP contribution in [0, 0.1) is 5.82 Å². The van der Waals surface area contributed by atoms with Crippen molar-refractivity contribution < 1.29 is 4.39 Å². The lowest BCUT2D eigenvalue weighted by atomic mass is 10.0. The van der Waals surface area contributed by atoms with Gasteiger partial charge in [0.2, 0.25) is 0 Å². The molecule has 1 fully saturated rings. The smallest absolute Gasteiger partial charge is 0.124 e. The molecule has 1 aliphatic rings. The summed E-state index contributed by atoms with van der Waals surface area (Å²) in [5.41, 5.74) is 6.79. The van der Waals surface area contributed by atoms with E-state index in [-0.39, 0.29) is 11.9 Å². The number of hydrogen-bond acceptors (Lipinski definition) is 2. The van der Waals surface area contributed by atoms with Gasteiger partial charge in [0.05, 0.1) is 0 Å². The van der Waals surface area contributed by atoms with Crippen LogP contribution < -0.4 is 5.73 Å². The van der Waals surface area contributed by atoms with Gasteiger partial charge in [-0.2, -0.15) is 0 Å². The lowest BCUT2D eigenvalue weighted by molar-refractivity contribution is 0.167. The van der Waals surface area contributed by atoms with Crippen molar-refractivity contribution in [3.05, 3.63) is 34.6 Å². The summed E-state index contributed by atoms with van der Waals surface area (Å²) in [7, 11) is 0. The zero-order valence-electron chi connectivity index (χ0n) is 9.83. The molecular weight excluding hydrogens is 239 g/mol. The number of piperidine rings is 1. The number of halogens is 2. The van der Waals surface area contributed by atoms with Gasteiger partial charge in [0.15, 0.2) is 0 Å². The van der Waals surface area contributed by atoms with Crippen LogP contribution in [0.25, 0.3) is 0 Å². The average molecular weight is 257 g/mol. The third-order valence-corrected chi connectivity index (χ3v) is 3.70. The Hall–Kier alpha value is -0.640. The third-order valence-electron chi connectivity index (χ3n) is 3.38. The van der Waals surface area contributed by atoms with E-state index in [2.05, 4.69) is 4.90 Å². The van der Waals surface area contributed by atoms with E-state index < -0.39 is 0 Å². The van der Waals surface area contributed by atoms with Crippen molar-refractivity contribution in [1.29, 1.82) is 0 Å². The van der Waals surface area contributed by atoms with Crippen LogP contribution >= 0.6 is 11.6 Å². The Labute approximate surface area is 107 Å². The van der Waals surface area contributed by atoms with E-state index in [0.717, 1.165) is 18.7 Å². The van der Waals surface area contributed by atoms with E-state index in [1.807, 2.05) is 0 Å². The van der Waals surface area contributed by atoms with Gasteiger partial charge in [0.25, 0.3) is 0 Å². The predicted octanol–water partition coefficient (Wildman–Crippen LogP) is 2.96. The van der Waals surface area contributed by atoms with Crippen molar-refractivity contribution in [2.75, 3.05) is 19.6 Å². The molecule has 0 aromatic heterocycles. The van der Waals surface area contributed by atoms with Crippen LogP contribution in [0.4, 0.5) is 4.39 Å². The summed E-state index contributed by atoms with van der Waals surface area (Å²) in [4.78, 5) is 2.35. The Kier molecular flexibility index (Phi) is 4.37. The predicted molar refractivity (Wildman–Crippen MR) is 68.6 cm³/mol. The Morgan fingerprint density at radius 3 is 2.59 bits per heavy atom. The van der Waals surface area contributed by atoms with E-state index in [9.17, 15) is 4.39 Å². The molecule has 1 aliphatic heterocycles. The molecule has 2 N–H and O–H groups in total. The van der Waals surface area contributed by atoms with Gasteiger partial charge < -0.3 is 5.73 Å². The monoisotopic (exact) mass is 256 g/mol. The highest BCUT2D eigenvalue weighted by atomic mass is 35.5. The van der Waals surface area contributed by atoms with Crippen LogP contribution in [0.15, 0.2) is 18.2 Å². The average Bonchev–Trinajstić information content (AvgIpc) is 2.34. The standard InChI is InChI=1S/C13H18ClFN2/c14-12-8-10(15)4-5-11(12)13(9-16)17-6-2-1-3-7-17/h4-5,8,13H,1-3,6-7,9,16H2. The van der Waals surface area contributed by atoms with Crippen molar-refractivity contribution in [3.63, 3.8) is 0 Å². The molecule has 0 radical (unpaired) electrons. The second-order valence-corrected chi connectivity index (χ2v) is 4.92. The van der Waals surface area contributed by atoms with Crippen molar-refractivity contribution in [3.8, 4) is 0 Å². The third kappa shape index (κ3) is 2.97. The summed E-state index contributed by atoms with van der Waals surface area (Å²) in [5, 5.41) is 0.478. The fourth-order valence-corrected chi connectivity index (χ4v) is 2.77. The first-order chi connectivity index (χ1) is 8.22. The maximum Gasteiger partial charge on any atom is 0.124 e. The lowest BCUT2D eigenvalue weighted by Crippen LogP contribution is -2.37. The van der Waals surface area contributed by atoms with Gasteiger partial charge in [0.1, 0.15) is 5.82 Å². The molecule has 1 atom stereocenters. The van der Waals surface area contributed by atoms with E-state index in [1.165, 1.54) is 31.4 Å². The summed E-state index contributed by atoms with van der Waals surface area (Å²) in [5.74, 6) is -0.298. The fourth-order valence-electron chi connectivity index (χ4n) is 2.47. The minimum atomic E-state index is -0.298. The van der Waals surface area contributed by atoms with Gasteiger partial charge >= 0.3 is 0 Å². The zero-order chi connectivity index (χ0) is 12.3. The van der Waals surface area contributed by atoms with Gasteiger partial charge in [0, 0.05) is 17.6 Å². The minimum absolute atomic E-state index is 0.114. The van der Waals surface area contributed by atoms with Crippen molar-refractivity contribution in [2.24, 2.45) is 5.73 Å². The van der Waals surface area contributed by atoms with E-state index >= 15 is 0 Å². The summed E-state index contributed by atoms with van der Waals surface area (Å²) < 4.78 is 13.0. The maximum absolute atomic E-state index is 13.0. The highest BCUT2D eigenvalue weighted by Crippen LogP contribution is 2.29. The van der Waals surface area contributed by atoms with Crippen molar-refractivity contribution in [1.82, 2.24) is 4.90 Å². The number of likely N-dealkylation sites (tertiary alicyclic amines) is 1. The van der Waals surface area contributed by atoms with Gasteiger partial charge in [-0.15, -0.1) is 0 Å². The lowest BCUT2D eigenvalue weighted by Gasteiger charge is -2.34. The number of benzene rings is 1. The molecule has 1 aromatic carbocycles. The molecule has 0 spiro atoms. The van der Waals surface area contributed by atoms with Crippen LogP contribution in [-0.4, -0.2) is 24.5 Å². The molecule has 2 rings (SSSR count). The number of rotatable bonds is 3. The Morgan fingerprint density at radius 2 is 2.00 bits per heavy atom. The van der Waals surface area contributed by atoms with Crippen LogP contribution in [0.2, 0.25) is 5.02 Å². The number of hydrogen-bond donors (Lipinski definition) is 1. The van der Waals surface area contributed by atoms with Crippen LogP contribution in [0.5, 0.6) is 0 Å². The molecule has 1 unspecified atom stereocenters. The van der Waals surface area contributed by atoms with Gasteiger partial charge in [-0.05, 0) is 43.6 Å². The van der Waals surface area contributed by atoms with Crippen molar-refractivity contribution >= 4 is 11.6 Å². The normalized spacial score (nSPS) is 19.2. The summed E-state index contributed by atoms with van der Waals surface area (Å²) >= 11 is 6.10. The summed E-state index contributed by atoms with van der Waals surface area (Å²) in [6.07, 6.45) is 3.69. The summed E-state index contributed by atoms with van der Waals surface area (Å²) in [6.45, 7) is 2.62. The van der Waals surface area contributed by atoms with Crippen molar-refractivity contribution in [2.45, 2.75) is 25.3 Å². The maximum atomic E-state index is 13.0. The largest absolute Gasteiger partial charge is 0.329 e. The molecule has 1 aromatic rings. The molecule has 0 aliphatic carbocycles. The molecule has 0 amide bonds. The quantitative estimate of drug-likeness (QED) is 0.901. The molecule has 4 heteroatoms. The molecule has 2 nitrogen and oxygen atoms in total. The highest BCUT2D eigenvalue weighted by Gasteiger charge is 2.22. The first-order valence-electron chi connectivity index (χ1n) is 6.11. The first-order valence-corrected chi connectivity index (χ1v) is 6.49. The SMILES string of the molecule is NCC(c1ccc(F)cc1Cl)N1CCCCC1. The Bertz CT molecular complexity index is 378.